The number of benzene rings is 1. The van der Waals surface area contributed by atoms with Gasteiger partial charge in [0.25, 0.3) is 0 Å². The summed E-state index contributed by atoms with van der Waals surface area (Å²) in [6.07, 6.45) is 2.93. The summed E-state index contributed by atoms with van der Waals surface area (Å²) in [6, 6.07) is 7.96. The van der Waals surface area contributed by atoms with Crippen molar-refractivity contribution in [2.24, 2.45) is 0 Å². The predicted octanol–water partition coefficient (Wildman–Crippen LogP) is 2.61. The molecule has 3 rings (SSSR count). The van der Waals surface area contributed by atoms with Crippen molar-refractivity contribution in [1.82, 2.24) is 15.0 Å². The molecule has 0 spiro atoms. The minimum absolute atomic E-state index is 0.00277. The van der Waals surface area contributed by atoms with Gasteiger partial charge in [0.2, 0.25) is 5.88 Å². The zero-order valence-corrected chi connectivity index (χ0v) is 15.9. The Morgan fingerprint density at radius 3 is 2.76 bits per heavy atom. The van der Waals surface area contributed by atoms with Crippen molar-refractivity contribution in [2.45, 2.75) is 19.9 Å². The number of carbonyl (C=O) groups excluding carboxylic acids is 1. The van der Waals surface area contributed by atoms with E-state index in [-0.39, 0.29) is 36.1 Å². The molecule has 0 saturated heterocycles. The van der Waals surface area contributed by atoms with E-state index in [1.165, 1.54) is 12.3 Å². The van der Waals surface area contributed by atoms with Gasteiger partial charge in [0.15, 0.2) is 11.6 Å². The Morgan fingerprint density at radius 1 is 1.21 bits per heavy atom. The number of ketones is 1. The molecule has 9 heteroatoms. The van der Waals surface area contributed by atoms with Crippen LogP contribution in [-0.2, 0) is 13.0 Å². The number of Topliss-reactive ketones (excluding diaryl/α,β-unsaturated/α-hetero) is 1. The lowest BCUT2D eigenvalue weighted by Gasteiger charge is -2.11. The van der Waals surface area contributed by atoms with Crippen molar-refractivity contribution >= 4 is 23.1 Å². The molecule has 2 heterocycles. The molecular formula is C20H21FN6O2. The average molecular weight is 396 g/mol. The van der Waals surface area contributed by atoms with Crippen LogP contribution in [0.4, 0.5) is 21.7 Å². The Morgan fingerprint density at radius 2 is 2.03 bits per heavy atom. The first kappa shape index (κ1) is 20.0. The number of nitrogens with two attached hydrogens (primary N) is 2. The van der Waals surface area contributed by atoms with E-state index >= 15 is 0 Å². The zero-order valence-electron chi connectivity index (χ0n) is 15.9. The highest BCUT2D eigenvalue weighted by atomic mass is 19.1. The Labute approximate surface area is 167 Å². The lowest BCUT2D eigenvalue weighted by Crippen LogP contribution is -2.12. The molecule has 3 aromatic rings. The minimum Gasteiger partial charge on any atom is -0.477 e. The summed E-state index contributed by atoms with van der Waals surface area (Å²) in [6.45, 7) is 2.41. The third-order valence-corrected chi connectivity index (χ3v) is 4.12. The number of halogens is 1. The van der Waals surface area contributed by atoms with Gasteiger partial charge in [-0.15, -0.1) is 0 Å². The maximum Gasteiger partial charge on any atom is 0.234 e. The van der Waals surface area contributed by atoms with Gasteiger partial charge < -0.3 is 21.5 Å². The summed E-state index contributed by atoms with van der Waals surface area (Å²) in [5.41, 5.74) is 13.3. The number of nitrogens with zero attached hydrogens (tertiary/aromatic N) is 3. The average Bonchev–Trinajstić information content (AvgIpc) is 2.69. The van der Waals surface area contributed by atoms with E-state index < -0.39 is 5.82 Å². The van der Waals surface area contributed by atoms with Crippen molar-refractivity contribution in [3.63, 3.8) is 0 Å². The summed E-state index contributed by atoms with van der Waals surface area (Å²) in [5, 5.41) is 3.04. The van der Waals surface area contributed by atoms with Crippen LogP contribution in [0, 0.1) is 5.82 Å². The van der Waals surface area contributed by atoms with Crippen LogP contribution in [0.5, 0.6) is 5.88 Å². The van der Waals surface area contributed by atoms with E-state index in [1.807, 2.05) is 0 Å². The molecule has 0 unspecified atom stereocenters. The van der Waals surface area contributed by atoms with Crippen LogP contribution in [0.3, 0.4) is 0 Å². The molecule has 2 aromatic heterocycles. The standard InChI is InChI=1S/C20H21FN6O2/c1-2-29-17-11-26-18(20(23)27-17)16(28)9-12-5-6-14(21)13(8-12)10-25-15-4-3-7-24-19(15)22/h3-8,11,25H,2,9-10H2,1H3,(H2,22,24)(H2,23,27). The lowest BCUT2D eigenvalue weighted by molar-refractivity contribution is 0.0988. The number of pyridine rings is 1. The van der Waals surface area contributed by atoms with E-state index in [4.69, 9.17) is 16.2 Å². The Balaban J connectivity index is 1.72. The molecule has 0 aliphatic heterocycles. The molecule has 1 aromatic carbocycles. The van der Waals surface area contributed by atoms with Gasteiger partial charge in [0.1, 0.15) is 17.3 Å². The van der Waals surface area contributed by atoms with Crippen LogP contribution in [0.15, 0.2) is 42.7 Å². The number of anilines is 3. The zero-order chi connectivity index (χ0) is 20.8. The Kier molecular flexibility index (Phi) is 6.18. The van der Waals surface area contributed by atoms with Crippen molar-refractivity contribution < 1.29 is 13.9 Å². The molecule has 0 aliphatic rings. The van der Waals surface area contributed by atoms with Crippen LogP contribution >= 0.6 is 0 Å². The highest BCUT2D eigenvalue weighted by Gasteiger charge is 2.16. The molecule has 0 radical (unpaired) electrons. The number of aromatic nitrogens is 3. The molecule has 0 saturated carbocycles. The molecule has 0 aliphatic carbocycles. The first-order valence-electron chi connectivity index (χ1n) is 8.98. The third kappa shape index (κ3) is 4.95. The summed E-state index contributed by atoms with van der Waals surface area (Å²) in [7, 11) is 0. The quantitative estimate of drug-likeness (QED) is 0.496. The second kappa shape index (κ2) is 8.96. The van der Waals surface area contributed by atoms with Crippen molar-refractivity contribution in [3.8, 4) is 5.88 Å². The van der Waals surface area contributed by atoms with Gasteiger partial charge in [-0.05, 0) is 30.7 Å². The molecule has 0 fully saturated rings. The van der Waals surface area contributed by atoms with Crippen LogP contribution in [-0.4, -0.2) is 27.3 Å². The molecular weight excluding hydrogens is 375 g/mol. The molecule has 0 atom stereocenters. The number of nitrogens with one attached hydrogen (secondary N) is 1. The van der Waals surface area contributed by atoms with E-state index in [1.54, 1.807) is 37.4 Å². The maximum atomic E-state index is 14.2. The number of hydrogen-bond acceptors (Lipinski definition) is 8. The topological polar surface area (TPSA) is 129 Å². The molecule has 29 heavy (non-hydrogen) atoms. The number of ether oxygens (including phenoxy) is 1. The number of carbonyl (C=O) groups is 1. The molecule has 8 nitrogen and oxygen atoms in total. The van der Waals surface area contributed by atoms with Crippen LogP contribution in [0.2, 0.25) is 0 Å². The summed E-state index contributed by atoms with van der Waals surface area (Å²) >= 11 is 0. The van der Waals surface area contributed by atoms with Gasteiger partial charge in [0.05, 0.1) is 18.5 Å². The normalized spacial score (nSPS) is 10.6. The predicted molar refractivity (Wildman–Crippen MR) is 108 cm³/mol. The summed E-state index contributed by atoms with van der Waals surface area (Å²) < 4.78 is 19.4. The monoisotopic (exact) mass is 396 g/mol. The fourth-order valence-corrected chi connectivity index (χ4v) is 2.72. The van der Waals surface area contributed by atoms with Gasteiger partial charge >= 0.3 is 0 Å². The smallest absolute Gasteiger partial charge is 0.234 e. The van der Waals surface area contributed by atoms with Crippen molar-refractivity contribution in [1.29, 1.82) is 0 Å². The highest BCUT2D eigenvalue weighted by molar-refractivity contribution is 5.99. The van der Waals surface area contributed by atoms with E-state index in [0.29, 0.717) is 29.2 Å². The third-order valence-electron chi connectivity index (χ3n) is 4.12. The molecule has 150 valence electrons. The fourth-order valence-electron chi connectivity index (χ4n) is 2.72. The summed E-state index contributed by atoms with van der Waals surface area (Å²) in [4.78, 5) is 24.6. The SMILES string of the molecule is CCOc1cnc(C(=O)Cc2ccc(F)c(CNc3cccnc3N)c2)c(N)n1. The first-order valence-corrected chi connectivity index (χ1v) is 8.98. The van der Waals surface area contributed by atoms with Crippen molar-refractivity contribution in [3.05, 3.63) is 65.4 Å². The van der Waals surface area contributed by atoms with Crippen molar-refractivity contribution in [2.75, 3.05) is 23.4 Å². The second-order valence-corrected chi connectivity index (χ2v) is 6.19. The fraction of sp³-hybridized carbons (Fsp3) is 0.200. The van der Waals surface area contributed by atoms with Gasteiger partial charge in [0, 0.05) is 24.7 Å². The molecule has 5 N–H and O–H groups in total. The van der Waals surface area contributed by atoms with Crippen LogP contribution in [0.1, 0.15) is 28.5 Å². The minimum atomic E-state index is -0.392. The second-order valence-electron chi connectivity index (χ2n) is 6.19. The number of rotatable bonds is 8. The lowest BCUT2D eigenvalue weighted by atomic mass is 10.0. The maximum absolute atomic E-state index is 14.2. The largest absolute Gasteiger partial charge is 0.477 e. The van der Waals surface area contributed by atoms with E-state index in [9.17, 15) is 9.18 Å². The van der Waals surface area contributed by atoms with Gasteiger partial charge in [-0.3, -0.25) is 4.79 Å². The molecule has 0 bridgehead atoms. The highest BCUT2D eigenvalue weighted by Crippen LogP contribution is 2.19. The number of nitrogen functional groups attached to an aromatic ring is 2. The van der Waals surface area contributed by atoms with Gasteiger partial charge in [-0.25, -0.2) is 14.4 Å². The molecule has 0 amide bonds. The Hall–Kier alpha value is -3.75. The van der Waals surface area contributed by atoms with Gasteiger partial charge in [-0.2, -0.15) is 4.98 Å². The van der Waals surface area contributed by atoms with Crippen LogP contribution < -0.4 is 21.5 Å². The van der Waals surface area contributed by atoms with Gasteiger partial charge in [-0.1, -0.05) is 12.1 Å². The summed E-state index contributed by atoms with van der Waals surface area (Å²) in [5.74, 6) is -0.135. The van der Waals surface area contributed by atoms with Crippen LogP contribution in [0.25, 0.3) is 0 Å². The Bertz CT molecular complexity index is 1030. The first-order chi connectivity index (χ1) is 14.0. The number of hydrogen-bond donors (Lipinski definition) is 3. The van der Waals surface area contributed by atoms with E-state index in [0.717, 1.165) is 0 Å². The van der Waals surface area contributed by atoms with E-state index in [2.05, 4.69) is 20.3 Å².